The van der Waals surface area contributed by atoms with E-state index >= 15 is 0 Å². The van der Waals surface area contributed by atoms with Crippen molar-refractivity contribution in [1.82, 2.24) is 15.2 Å². The van der Waals surface area contributed by atoms with Gasteiger partial charge >= 0.3 is 5.97 Å². The summed E-state index contributed by atoms with van der Waals surface area (Å²) in [6.07, 6.45) is 3.78. The molecule has 0 saturated carbocycles. The van der Waals surface area contributed by atoms with Crippen LogP contribution in [-0.2, 0) is 14.4 Å². The number of aliphatic carboxylic acids is 1. The van der Waals surface area contributed by atoms with Crippen molar-refractivity contribution in [2.24, 2.45) is 0 Å². The Morgan fingerprint density at radius 2 is 2.09 bits per heavy atom. The number of allylic oxidation sites excluding steroid dienone is 1. The summed E-state index contributed by atoms with van der Waals surface area (Å²) in [5.74, 6) is -3.15. The molecule has 1 unspecified atom stereocenters. The molecule has 8 nitrogen and oxygen atoms in total. The normalized spacial score (nSPS) is 24.7. The van der Waals surface area contributed by atoms with Crippen LogP contribution in [-0.4, -0.2) is 45.0 Å². The van der Waals surface area contributed by atoms with Crippen LogP contribution in [0.15, 0.2) is 21.8 Å². The minimum atomic E-state index is -1.22. The molecule has 0 aromatic heterocycles. The number of nitrogens with one attached hydrogen (secondary N) is 2. The number of amides is 2. The summed E-state index contributed by atoms with van der Waals surface area (Å²) in [4.78, 5) is 35.6. The van der Waals surface area contributed by atoms with Gasteiger partial charge in [-0.05, 0) is 43.2 Å². The Labute approximate surface area is 130 Å². The zero-order valence-electron chi connectivity index (χ0n) is 11.6. The number of hydrazine groups is 1. The smallest absolute Gasteiger partial charge is 0.322 e. The molecule has 2 heterocycles. The number of carbonyl (C=O) groups is 3. The highest BCUT2D eigenvalue weighted by Gasteiger charge is 2.45. The molecule has 2 amide bonds. The van der Waals surface area contributed by atoms with Crippen molar-refractivity contribution in [3.63, 3.8) is 0 Å². The van der Waals surface area contributed by atoms with Gasteiger partial charge in [0.25, 0.3) is 11.8 Å². The molecule has 1 aliphatic carbocycles. The number of carbonyl (C=O) groups excluding carboxylic acids is 2. The fourth-order valence-corrected chi connectivity index (χ4v) is 4.11. The number of hydrogen-bond acceptors (Lipinski definition) is 6. The molecule has 2 aliphatic heterocycles. The number of nitrogens with zero attached hydrogens (tertiary/aromatic N) is 1. The van der Waals surface area contributed by atoms with E-state index in [-0.39, 0.29) is 5.76 Å². The standard InChI is InChI=1S/C13H15N3O5S/c17-8(18)5-14-12(20)9-11(19)10-6-3-1-2-4-7(6)22-16(10)15-13(9)21/h10,19H,1-5H2,(H,14,20)(H,15,21)(H,17,18). The maximum atomic E-state index is 12.0. The quantitative estimate of drug-likeness (QED) is 0.432. The Morgan fingerprint density at radius 1 is 1.36 bits per heavy atom. The van der Waals surface area contributed by atoms with Gasteiger partial charge in [-0.15, -0.1) is 4.41 Å². The van der Waals surface area contributed by atoms with E-state index < -0.39 is 35.9 Å². The van der Waals surface area contributed by atoms with Gasteiger partial charge in [-0.25, -0.2) is 0 Å². The molecule has 0 aromatic carbocycles. The first-order valence-corrected chi connectivity index (χ1v) is 7.69. The molecule has 0 fully saturated rings. The minimum absolute atomic E-state index is 0.314. The van der Waals surface area contributed by atoms with E-state index in [9.17, 15) is 19.5 Å². The number of carboxylic acid groups (broad SMARTS) is 1. The van der Waals surface area contributed by atoms with Crippen molar-refractivity contribution < 1.29 is 24.6 Å². The van der Waals surface area contributed by atoms with Gasteiger partial charge in [-0.1, -0.05) is 0 Å². The summed E-state index contributed by atoms with van der Waals surface area (Å²) in [6, 6.07) is -0.538. The number of rotatable bonds is 3. The van der Waals surface area contributed by atoms with Crippen LogP contribution in [0.2, 0.25) is 0 Å². The first-order valence-electron chi connectivity index (χ1n) is 6.92. The van der Waals surface area contributed by atoms with Crippen LogP contribution in [0, 0.1) is 0 Å². The highest BCUT2D eigenvalue weighted by molar-refractivity contribution is 8.01. The van der Waals surface area contributed by atoms with Crippen LogP contribution in [0.1, 0.15) is 25.7 Å². The molecule has 0 spiro atoms. The lowest BCUT2D eigenvalue weighted by Crippen LogP contribution is -2.52. The molecule has 0 saturated heterocycles. The van der Waals surface area contributed by atoms with E-state index in [1.165, 1.54) is 11.9 Å². The van der Waals surface area contributed by atoms with Crippen LogP contribution in [0.5, 0.6) is 0 Å². The number of carboxylic acids is 1. The Kier molecular flexibility index (Phi) is 3.83. The van der Waals surface area contributed by atoms with Crippen LogP contribution in [0.3, 0.4) is 0 Å². The van der Waals surface area contributed by atoms with Crippen LogP contribution < -0.4 is 10.7 Å². The van der Waals surface area contributed by atoms with E-state index in [2.05, 4.69) is 10.7 Å². The maximum absolute atomic E-state index is 12.0. The number of aliphatic hydroxyl groups excluding tert-OH is 1. The van der Waals surface area contributed by atoms with E-state index in [4.69, 9.17) is 5.11 Å². The second-order valence-corrected chi connectivity index (χ2v) is 6.32. The Bertz CT molecular complexity index is 627. The van der Waals surface area contributed by atoms with Crippen molar-refractivity contribution in [2.45, 2.75) is 31.7 Å². The first kappa shape index (κ1) is 14.9. The Morgan fingerprint density at radius 3 is 2.82 bits per heavy atom. The third-order valence-corrected chi connectivity index (χ3v) is 5.00. The fraction of sp³-hybridized carbons (Fsp3) is 0.462. The predicted molar refractivity (Wildman–Crippen MR) is 77.2 cm³/mol. The molecule has 3 aliphatic rings. The van der Waals surface area contributed by atoms with E-state index in [0.29, 0.717) is 0 Å². The van der Waals surface area contributed by atoms with Crippen molar-refractivity contribution in [3.05, 3.63) is 21.8 Å². The molecule has 4 N–H and O–H groups in total. The average molecular weight is 325 g/mol. The van der Waals surface area contributed by atoms with E-state index in [0.717, 1.165) is 36.2 Å². The maximum Gasteiger partial charge on any atom is 0.322 e. The van der Waals surface area contributed by atoms with Crippen molar-refractivity contribution in [3.8, 4) is 0 Å². The number of aliphatic hydroxyl groups is 1. The molecule has 9 heteroatoms. The fourth-order valence-electron chi connectivity index (χ4n) is 2.84. The molecule has 22 heavy (non-hydrogen) atoms. The zero-order valence-corrected chi connectivity index (χ0v) is 12.4. The van der Waals surface area contributed by atoms with E-state index in [1.807, 2.05) is 0 Å². The van der Waals surface area contributed by atoms with Gasteiger partial charge in [0.2, 0.25) is 0 Å². The van der Waals surface area contributed by atoms with Gasteiger partial charge in [0, 0.05) is 4.91 Å². The average Bonchev–Trinajstić information content (AvgIpc) is 2.83. The van der Waals surface area contributed by atoms with Gasteiger partial charge in [0.15, 0.2) is 0 Å². The molecule has 0 radical (unpaired) electrons. The molecule has 118 valence electrons. The summed E-state index contributed by atoms with van der Waals surface area (Å²) < 4.78 is 1.56. The highest BCUT2D eigenvalue weighted by atomic mass is 32.2. The van der Waals surface area contributed by atoms with Gasteiger partial charge in [0.1, 0.15) is 23.9 Å². The lowest BCUT2D eigenvalue weighted by Gasteiger charge is -2.31. The second-order valence-electron chi connectivity index (χ2n) is 5.25. The van der Waals surface area contributed by atoms with Gasteiger partial charge < -0.3 is 15.5 Å². The van der Waals surface area contributed by atoms with Crippen molar-refractivity contribution >= 4 is 29.7 Å². The first-order chi connectivity index (χ1) is 10.5. The Balaban J connectivity index is 1.90. The lowest BCUT2D eigenvalue weighted by molar-refractivity contribution is -0.138. The molecular weight excluding hydrogens is 310 g/mol. The molecule has 3 rings (SSSR count). The van der Waals surface area contributed by atoms with Crippen molar-refractivity contribution in [2.75, 3.05) is 6.54 Å². The second kappa shape index (κ2) is 5.65. The van der Waals surface area contributed by atoms with Crippen molar-refractivity contribution in [1.29, 1.82) is 0 Å². The van der Waals surface area contributed by atoms with Gasteiger partial charge in [0.05, 0.1) is 0 Å². The highest BCUT2D eigenvalue weighted by Crippen LogP contribution is 2.47. The third-order valence-electron chi connectivity index (χ3n) is 3.81. The monoisotopic (exact) mass is 325 g/mol. The predicted octanol–water partition coefficient (Wildman–Crippen LogP) is 0.205. The summed E-state index contributed by atoms with van der Waals surface area (Å²) >= 11 is 1.38. The summed E-state index contributed by atoms with van der Waals surface area (Å²) in [5, 5.41) is 21.1. The lowest BCUT2D eigenvalue weighted by atomic mass is 9.90. The largest absolute Gasteiger partial charge is 0.509 e. The van der Waals surface area contributed by atoms with Crippen LogP contribution in [0.25, 0.3) is 0 Å². The van der Waals surface area contributed by atoms with E-state index in [1.54, 1.807) is 4.41 Å². The summed E-state index contributed by atoms with van der Waals surface area (Å²) in [6.45, 7) is -0.611. The number of hydrogen-bond donors (Lipinski definition) is 4. The number of fused-ring (bicyclic) bond motifs is 2. The molecule has 0 aromatic rings. The molecular formula is C13H15N3O5S. The Hall–Kier alpha value is -2.00. The minimum Gasteiger partial charge on any atom is -0.509 e. The molecule has 1 atom stereocenters. The summed E-state index contributed by atoms with van der Waals surface area (Å²) in [5.41, 5.74) is 3.18. The zero-order chi connectivity index (χ0) is 15.9. The topological polar surface area (TPSA) is 119 Å². The van der Waals surface area contributed by atoms with Gasteiger partial charge in [-0.2, -0.15) is 0 Å². The molecule has 0 bridgehead atoms. The SMILES string of the molecule is O=C(O)CNC(=O)C1=C(O)C2C3=C(CCCC3)SN2NC1=O. The van der Waals surface area contributed by atoms with Gasteiger partial charge in [-0.3, -0.25) is 19.8 Å². The van der Waals surface area contributed by atoms with Crippen LogP contribution >= 0.6 is 11.9 Å². The van der Waals surface area contributed by atoms with Crippen LogP contribution in [0.4, 0.5) is 0 Å². The summed E-state index contributed by atoms with van der Waals surface area (Å²) in [7, 11) is 0. The third kappa shape index (κ3) is 2.46.